The number of esters is 2. The smallest absolute Gasteiger partial charge is 0.341 e. The molecule has 0 aliphatic heterocycles. The van der Waals surface area contributed by atoms with Crippen LogP contribution in [0.5, 0.6) is 0 Å². The molecule has 2 aliphatic rings. The van der Waals surface area contributed by atoms with Gasteiger partial charge in [-0.25, -0.2) is 9.59 Å². The summed E-state index contributed by atoms with van der Waals surface area (Å²) in [5.41, 5.74) is 0.330. The number of rotatable bonds is 6. The molecule has 0 atom stereocenters. The average Bonchev–Trinajstić information content (AvgIpc) is 2.27. The number of carboxylic acid groups (broad SMARTS) is 1. The monoisotopic (exact) mass is 282 g/mol. The summed E-state index contributed by atoms with van der Waals surface area (Å²) < 4.78 is 9.67. The molecule has 2 aliphatic carbocycles. The van der Waals surface area contributed by atoms with Crippen LogP contribution in [0.15, 0.2) is 12.2 Å². The van der Waals surface area contributed by atoms with Crippen LogP contribution in [0.1, 0.15) is 38.5 Å². The van der Waals surface area contributed by atoms with Gasteiger partial charge >= 0.3 is 17.9 Å². The van der Waals surface area contributed by atoms with Crippen LogP contribution >= 0.6 is 0 Å². The van der Waals surface area contributed by atoms with Crippen molar-refractivity contribution in [2.75, 3.05) is 6.61 Å². The van der Waals surface area contributed by atoms with Crippen LogP contribution in [0.4, 0.5) is 0 Å². The Morgan fingerprint density at radius 1 is 1.25 bits per heavy atom. The van der Waals surface area contributed by atoms with Crippen molar-refractivity contribution in [1.82, 2.24) is 0 Å². The lowest BCUT2D eigenvalue weighted by Crippen LogP contribution is -2.47. The number of carbonyl (C=O) groups excluding carboxylic acids is 2. The van der Waals surface area contributed by atoms with Gasteiger partial charge in [-0.05, 0) is 31.1 Å². The van der Waals surface area contributed by atoms with Crippen molar-refractivity contribution in [2.24, 2.45) is 5.41 Å². The van der Waals surface area contributed by atoms with Crippen LogP contribution in [0.25, 0.3) is 0 Å². The van der Waals surface area contributed by atoms with Gasteiger partial charge in [0.15, 0.2) is 6.61 Å². The standard InChI is InChI=1S/C14H18O6/c1-9(13(18)19-8-11(15)16)5-12(17)20-10-6-14(7-10)3-2-4-14/h10H,1-8H2,(H,15,16). The maximum atomic E-state index is 11.6. The van der Waals surface area contributed by atoms with Crippen LogP contribution in [-0.2, 0) is 23.9 Å². The van der Waals surface area contributed by atoms with E-state index in [-0.39, 0.29) is 18.1 Å². The lowest BCUT2D eigenvalue weighted by atomic mass is 9.55. The van der Waals surface area contributed by atoms with Crippen molar-refractivity contribution in [3.63, 3.8) is 0 Å². The van der Waals surface area contributed by atoms with Crippen LogP contribution in [0, 0.1) is 5.41 Å². The van der Waals surface area contributed by atoms with Gasteiger partial charge in [-0.3, -0.25) is 4.79 Å². The second-order valence-corrected chi connectivity index (χ2v) is 5.62. The molecule has 0 heterocycles. The molecule has 0 radical (unpaired) electrons. The van der Waals surface area contributed by atoms with Crippen molar-refractivity contribution in [1.29, 1.82) is 0 Å². The normalized spacial score (nSPS) is 19.6. The quantitative estimate of drug-likeness (QED) is 0.585. The molecule has 1 N–H and O–H groups in total. The Hall–Kier alpha value is -1.85. The zero-order valence-corrected chi connectivity index (χ0v) is 11.2. The predicted octanol–water partition coefficient (Wildman–Crippen LogP) is 1.44. The molecule has 0 aromatic carbocycles. The Labute approximate surface area is 116 Å². The average molecular weight is 282 g/mol. The molecule has 0 unspecified atom stereocenters. The second-order valence-electron chi connectivity index (χ2n) is 5.62. The largest absolute Gasteiger partial charge is 0.479 e. The van der Waals surface area contributed by atoms with E-state index in [1.165, 1.54) is 19.3 Å². The Morgan fingerprint density at radius 2 is 1.90 bits per heavy atom. The van der Waals surface area contributed by atoms with Crippen LogP contribution in [0.3, 0.4) is 0 Å². The van der Waals surface area contributed by atoms with E-state index in [0.717, 1.165) is 12.8 Å². The summed E-state index contributed by atoms with van der Waals surface area (Å²) in [6.45, 7) is 2.67. The van der Waals surface area contributed by atoms with E-state index >= 15 is 0 Å². The Morgan fingerprint density at radius 3 is 2.40 bits per heavy atom. The van der Waals surface area contributed by atoms with Gasteiger partial charge in [-0.1, -0.05) is 13.0 Å². The van der Waals surface area contributed by atoms with E-state index in [1.807, 2.05) is 0 Å². The minimum atomic E-state index is -1.26. The third-order valence-electron chi connectivity index (χ3n) is 4.01. The molecule has 0 aromatic heterocycles. The molecule has 1 spiro atoms. The third-order valence-corrected chi connectivity index (χ3v) is 4.01. The molecule has 0 saturated heterocycles. The topological polar surface area (TPSA) is 89.9 Å². The lowest BCUT2D eigenvalue weighted by Gasteiger charge is -2.53. The zero-order chi connectivity index (χ0) is 14.8. The Balaban J connectivity index is 1.65. The molecular formula is C14H18O6. The fraction of sp³-hybridized carbons (Fsp3) is 0.643. The van der Waals surface area contributed by atoms with Gasteiger partial charge in [0.25, 0.3) is 0 Å². The van der Waals surface area contributed by atoms with Crippen molar-refractivity contribution < 1.29 is 29.0 Å². The van der Waals surface area contributed by atoms with Crippen LogP contribution in [0.2, 0.25) is 0 Å². The van der Waals surface area contributed by atoms with Crippen molar-refractivity contribution >= 4 is 17.9 Å². The lowest BCUT2D eigenvalue weighted by molar-refractivity contribution is -0.167. The van der Waals surface area contributed by atoms with Crippen LogP contribution in [-0.4, -0.2) is 35.7 Å². The Kier molecular flexibility index (Phi) is 4.11. The first kappa shape index (κ1) is 14.6. The van der Waals surface area contributed by atoms with Crippen molar-refractivity contribution in [3.05, 3.63) is 12.2 Å². The highest BCUT2D eigenvalue weighted by molar-refractivity contribution is 5.94. The molecule has 110 valence electrons. The molecule has 2 fully saturated rings. The number of hydrogen-bond donors (Lipinski definition) is 1. The molecule has 6 nitrogen and oxygen atoms in total. The molecule has 0 bridgehead atoms. The number of aliphatic carboxylic acids is 1. The number of hydrogen-bond acceptors (Lipinski definition) is 5. The van der Waals surface area contributed by atoms with E-state index in [1.54, 1.807) is 0 Å². The third kappa shape index (κ3) is 3.37. The minimum absolute atomic E-state index is 0.0503. The molecule has 6 heteroatoms. The maximum Gasteiger partial charge on any atom is 0.341 e. The maximum absolute atomic E-state index is 11.6. The van der Waals surface area contributed by atoms with E-state index < -0.39 is 24.5 Å². The summed E-state index contributed by atoms with van der Waals surface area (Å²) in [5.74, 6) is -2.65. The molecule has 2 rings (SSSR count). The number of carbonyl (C=O) groups is 3. The molecular weight excluding hydrogens is 264 g/mol. The van der Waals surface area contributed by atoms with Gasteiger partial charge in [0.05, 0.1) is 6.42 Å². The summed E-state index contributed by atoms with van der Waals surface area (Å²) in [7, 11) is 0. The summed E-state index contributed by atoms with van der Waals surface area (Å²) in [6, 6.07) is 0. The zero-order valence-electron chi connectivity index (χ0n) is 11.2. The molecule has 2 saturated carbocycles. The van der Waals surface area contributed by atoms with E-state index in [4.69, 9.17) is 9.84 Å². The fourth-order valence-electron chi connectivity index (χ4n) is 2.78. The highest BCUT2D eigenvalue weighted by atomic mass is 16.6. The summed E-state index contributed by atoms with van der Waals surface area (Å²) in [4.78, 5) is 33.2. The highest BCUT2D eigenvalue weighted by Gasteiger charge is 2.49. The first-order chi connectivity index (χ1) is 9.40. The van der Waals surface area contributed by atoms with Crippen molar-refractivity contribution in [2.45, 2.75) is 44.6 Å². The van der Waals surface area contributed by atoms with Gasteiger partial charge in [-0.2, -0.15) is 0 Å². The van der Waals surface area contributed by atoms with Gasteiger partial charge in [0.2, 0.25) is 0 Å². The predicted molar refractivity (Wildman–Crippen MR) is 67.7 cm³/mol. The fourth-order valence-corrected chi connectivity index (χ4v) is 2.78. The minimum Gasteiger partial charge on any atom is -0.479 e. The summed E-state index contributed by atoms with van der Waals surface area (Å²) in [5, 5.41) is 8.36. The SMILES string of the molecule is C=C(CC(=O)OC1CC2(CCC2)C1)C(=O)OCC(=O)O. The van der Waals surface area contributed by atoms with Gasteiger partial charge in [-0.15, -0.1) is 0 Å². The summed E-state index contributed by atoms with van der Waals surface area (Å²) in [6.07, 6.45) is 5.20. The number of ether oxygens (including phenoxy) is 2. The van der Waals surface area contributed by atoms with E-state index in [9.17, 15) is 14.4 Å². The first-order valence-electron chi connectivity index (χ1n) is 6.66. The van der Waals surface area contributed by atoms with Gasteiger partial charge < -0.3 is 14.6 Å². The van der Waals surface area contributed by atoms with E-state index in [0.29, 0.717) is 5.41 Å². The Bertz CT molecular complexity index is 441. The van der Waals surface area contributed by atoms with Crippen molar-refractivity contribution in [3.8, 4) is 0 Å². The van der Waals surface area contributed by atoms with Gasteiger partial charge in [0, 0.05) is 5.57 Å². The highest BCUT2D eigenvalue weighted by Crippen LogP contribution is 2.56. The summed E-state index contributed by atoms with van der Waals surface area (Å²) >= 11 is 0. The van der Waals surface area contributed by atoms with Gasteiger partial charge in [0.1, 0.15) is 6.10 Å². The number of carboxylic acids is 1. The molecule has 0 amide bonds. The molecule has 20 heavy (non-hydrogen) atoms. The second kappa shape index (κ2) is 5.64. The van der Waals surface area contributed by atoms with Crippen LogP contribution < -0.4 is 0 Å². The first-order valence-corrected chi connectivity index (χ1v) is 6.66. The molecule has 0 aromatic rings. The van der Waals surface area contributed by atoms with E-state index in [2.05, 4.69) is 11.3 Å².